The summed E-state index contributed by atoms with van der Waals surface area (Å²) in [6.45, 7) is 1.85. The molecule has 0 radical (unpaired) electrons. The molecule has 0 saturated heterocycles. The molecule has 0 fully saturated rings. The third-order valence-corrected chi connectivity index (χ3v) is 6.52. The molecule has 3 aromatic carbocycles. The molecule has 4 rings (SSSR count). The lowest BCUT2D eigenvalue weighted by molar-refractivity contribution is 0.0939. The van der Waals surface area contributed by atoms with Crippen molar-refractivity contribution in [1.82, 2.24) is 20.1 Å². The molecule has 10 heteroatoms. The van der Waals surface area contributed by atoms with Crippen molar-refractivity contribution < 1.29 is 13.2 Å². The molecule has 0 saturated carbocycles. The molecule has 1 unspecified atom stereocenters. The number of carbonyl (C=O) groups is 1. The summed E-state index contributed by atoms with van der Waals surface area (Å²) in [7, 11) is -3.90. The summed E-state index contributed by atoms with van der Waals surface area (Å²) in [5.74, 6) is -0.386. The zero-order valence-corrected chi connectivity index (χ0v) is 19.1. The number of hydrogen-bond acceptors (Lipinski definition) is 5. The van der Waals surface area contributed by atoms with Crippen LogP contribution in [-0.2, 0) is 10.0 Å². The predicted octanol–water partition coefficient (Wildman–Crippen LogP) is 4.21. The van der Waals surface area contributed by atoms with Crippen molar-refractivity contribution in [1.29, 1.82) is 0 Å². The van der Waals surface area contributed by atoms with Crippen LogP contribution in [0.25, 0.3) is 5.69 Å². The van der Waals surface area contributed by atoms with Gasteiger partial charge in [0.1, 0.15) is 12.7 Å². The van der Waals surface area contributed by atoms with E-state index in [0.717, 1.165) is 11.3 Å². The third-order valence-electron chi connectivity index (χ3n) is 4.91. The Morgan fingerprint density at radius 1 is 1.03 bits per heavy atom. The fourth-order valence-corrected chi connectivity index (χ4v) is 4.48. The first-order chi connectivity index (χ1) is 15.8. The van der Waals surface area contributed by atoms with E-state index in [2.05, 4.69) is 20.1 Å². The SMILES string of the molecule is CC(NC(=O)c1cccc(S(=O)(=O)Nc2cccc(Cl)c2)c1)c1ccc(-n2cncn2)cc1. The van der Waals surface area contributed by atoms with Gasteiger partial charge in [-0.05, 0) is 61.0 Å². The molecule has 8 nitrogen and oxygen atoms in total. The highest BCUT2D eigenvalue weighted by atomic mass is 35.5. The molecule has 4 aromatic rings. The van der Waals surface area contributed by atoms with E-state index < -0.39 is 10.0 Å². The largest absolute Gasteiger partial charge is 0.346 e. The zero-order valence-electron chi connectivity index (χ0n) is 17.5. The standard InChI is InChI=1S/C23H20ClN5O3S/c1-16(17-8-10-21(11-9-17)29-15-25-14-26-29)27-23(30)18-4-2-7-22(12-18)33(31,32)28-20-6-3-5-19(24)13-20/h2-16,28H,1H3,(H,27,30). The second-order valence-corrected chi connectivity index (χ2v) is 9.39. The van der Waals surface area contributed by atoms with E-state index in [1.54, 1.807) is 35.3 Å². The average Bonchev–Trinajstić information content (AvgIpc) is 3.34. The molecule has 0 aliphatic rings. The Balaban J connectivity index is 1.47. The van der Waals surface area contributed by atoms with Gasteiger partial charge in [-0.2, -0.15) is 5.10 Å². The van der Waals surface area contributed by atoms with Gasteiger partial charge >= 0.3 is 0 Å². The highest BCUT2D eigenvalue weighted by molar-refractivity contribution is 7.92. The second kappa shape index (κ2) is 9.43. The number of rotatable bonds is 7. The van der Waals surface area contributed by atoms with Crippen LogP contribution in [0.4, 0.5) is 5.69 Å². The van der Waals surface area contributed by atoms with Gasteiger partial charge in [0.2, 0.25) is 0 Å². The quantitative estimate of drug-likeness (QED) is 0.411. The summed E-state index contributed by atoms with van der Waals surface area (Å²) in [6.07, 6.45) is 3.05. The van der Waals surface area contributed by atoms with E-state index in [1.807, 2.05) is 31.2 Å². The summed E-state index contributed by atoms with van der Waals surface area (Å²) in [5.41, 5.74) is 2.30. The molecule has 0 bridgehead atoms. The average molecular weight is 482 g/mol. The van der Waals surface area contributed by atoms with Crippen LogP contribution in [0.5, 0.6) is 0 Å². The van der Waals surface area contributed by atoms with E-state index in [4.69, 9.17) is 11.6 Å². The Morgan fingerprint density at radius 3 is 2.48 bits per heavy atom. The predicted molar refractivity (Wildman–Crippen MR) is 126 cm³/mol. The van der Waals surface area contributed by atoms with Crippen LogP contribution in [-0.4, -0.2) is 29.1 Å². The van der Waals surface area contributed by atoms with Crippen LogP contribution >= 0.6 is 11.6 Å². The first kappa shape index (κ1) is 22.5. The number of halogens is 1. The molecular weight excluding hydrogens is 462 g/mol. The van der Waals surface area contributed by atoms with Crippen LogP contribution in [0.1, 0.15) is 28.9 Å². The molecule has 1 heterocycles. The summed E-state index contributed by atoms with van der Waals surface area (Å²) < 4.78 is 29.6. The van der Waals surface area contributed by atoms with Crippen LogP contribution in [0, 0.1) is 0 Å². The first-order valence-corrected chi connectivity index (χ1v) is 11.8. The van der Waals surface area contributed by atoms with Gasteiger partial charge in [0.15, 0.2) is 0 Å². The van der Waals surface area contributed by atoms with Gasteiger partial charge in [-0.3, -0.25) is 9.52 Å². The molecule has 0 aliphatic carbocycles. The first-order valence-electron chi connectivity index (χ1n) is 9.96. The van der Waals surface area contributed by atoms with Crippen molar-refractivity contribution in [2.24, 2.45) is 0 Å². The molecule has 1 amide bonds. The minimum Gasteiger partial charge on any atom is -0.346 e. The number of aromatic nitrogens is 3. The lowest BCUT2D eigenvalue weighted by Gasteiger charge is -2.15. The Labute approximate surface area is 196 Å². The number of nitrogens with zero attached hydrogens (tertiary/aromatic N) is 3. The van der Waals surface area contributed by atoms with E-state index >= 15 is 0 Å². The van der Waals surface area contributed by atoms with Crippen LogP contribution in [0.15, 0.2) is 90.3 Å². The molecule has 1 atom stereocenters. The summed E-state index contributed by atoms with van der Waals surface area (Å²) in [4.78, 5) is 16.7. The maximum Gasteiger partial charge on any atom is 0.261 e. The van der Waals surface area contributed by atoms with Gasteiger partial charge in [0.05, 0.1) is 22.3 Å². The Bertz CT molecular complexity index is 1370. The Kier molecular flexibility index (Phi) is 6.43. The van der Waals surface area contributed by atoms with Crippen molar-refractivity contribution in [3.8, 4) is 5.69 Å². The van der Waals surface area contributed by atoms with Gasteiger partial charge in [-0.25, -0.2) is 18.1 Å². The zero-order chi connectivity index (χ0) is 23.4. The van der Waals surface area contributed by atoms with Crippen molar-refractivity contribution in [2.45, 2.75) is 17.9 Å². The van der Waals surface area contributed by atoms with E-state index in [9.17, 15) is 13.2 Å². The normalized spacial score (nSPS) is 12.2. The van der Waals surface area contributed by atoms with Crippen molar-refractivity contribution in [3.63, 3.8) is 0 Å². The molecule has 2 N–H and O–H groups in total. The van der Waals surface area contributed by atoms with Gasteiger partial charge in [0, 0.05) is 10.6 Å². The summed E-state index contributed by atoms with van der Waals surface area (Å²) >= 11 is 5.93. The van der Waals surface area contributed by atoms with Gasteiger partial charge in [-0.1, -0.05) is 35.9 Å². The molecule has 1 aromatic heterocycles. The van der Waals surface area contributed by atoms with E-state index in [0.29, 0.717) is 10.7 Å². The molecule has 33 heavy (non-hydrogen) atoms. The van der Waals surface area contributed by atoms with E-state index in [1.165, 1.54) is 30.6 Å². The summed E-state index contributed by atoms with van der Waals surface area (Å²) in [5, 5.41) is 7.39. The van der Waals surface area contributed by atoms with Crippen LogP contribution in [0.2, 0.25) is 5.02 Å². The van der Waals surface area contributed by atoms with Gasteiger partial charge < -0.3 is 5.32 Å². The fraction of sp³-hybridized carbons (Fsp3) is 0.0870. The molecule has 0 aliphatic heterocycles. The number of anilines is 1. The Hall–Kier alpha value is -3.69. The highest BCUT2D eigenvalue weighted by Crippen LogP contribution is 2.21. The van der Waals surface area contributed by atoms with Crippen LogP contribution in [0.3, 0.4) is 0 Å². The maximum atomic E-state index is 12.8. The van der Waals surface area contributed by atoms with Crippen LogP contribution < -0.4 is 10.0 Å². The smallest absolute Gasteiger partial charge is 0.261 e. The number of sulfonamides is 1. The fourth-order valence-electron chi connectivity index (χ4n) is 3.19. The third kappa shape index (κ3) is 5.39. The van der Waals surface area contributed by atoms with Gasteiger partial charge in [0.25, 0.3) is 15.9 Å². The summed E-state index contributed by atoms with van der Waals surface area (Å²) in [6, 6.07) is 19.5. The van der Waals surface area contributed by atoms with Crippen molar-refractivity contribution in [3.05, 3.63) is 102 Å². The van der Waals surface area contributed by atoms with Crippen molar-refractivity contribution >= 4 is 33.2 Å². The number of amides is 1. The molecular formula is C23H20ClN5O3S. The van der Waals surface area contributed by atoms with Gasteiger partial charge in [-0.15, -0.1) is 0 Å². The Morgan fingerprint density at radius 2 is 1.79 bits per heavy atom. The number of carbonyl (C=O) groups excluding carboxylic acids is 1. The number of nitrogens with one attached hydrogen (secondary N) is 2. The lowest BCUT2D eigenvalue weighted by Crippen LogP contribution is -2.27. The number of hydrogen-bond donors (Lipinski definition) is 2. The maximum absolute atomic E-state index is 12.8. The molecule has 168 valence electrons. The number of benzene rings is 3. The topological polar surface area (TPSA) is 106 Å². The minimum atomic E-state index is -3.90. The second-order valence-electron chi connectivity index (χ2n) is 7.27. The minimum absolute atomic E-state index is 0.0278. The van der Waals surface area contributed by atoms with E-state index in [-0.39, 0.29) is 22.4 Å². The highest BCUT2D eigenvalue weighted by Gasteiger charge is 2.18. The van der Waals surface area contributed by atoms with Crippen molar-refractivity contribution in [2.75, 3.05) is 4.72 Å². The monoisotopic (exact) mass is 481 g/mol. The lowest BCUT2D eigenvalue weighted by atomic mass is 10.1. The molecule has 0 spiro atoms.